The predicted molar refractivity (Wildman–Crippen MR) is 98.5 cm³/mol. The molecule has 2 aromatic rings. The molecule has 9 nitrogen and oxygen atoms in total. The van der Waals surface area contributed by atoms with Crippen molar-refractivity contribution < 1.29 is 18.3 Å². The number of hydrogen-bond donors (Lipinski definition) is 1. The number of rotatable bonds is 5. The molecular formula is C17H21N5O4S. The highest BCUT2D eigenvalue weighted by atomic mass is 32.2. The Balaban J connectivity index is 1.91. The molecule has 0 saturated carbocycles. The lowest BCUT2D eigenvalue weighted by Crippen LogP contribution is -2.38. The van der Waals surface area contributed by atoms with Crippen LogP contribution < -0.4 is 0 Å². The molecule has 1 fully saturated rings. The molecule has 2 aromatic heterocycles. The van der Waals surface area contributed by atoms with Gasteiger partial charge in [0.1, 0.15) is 5.82 Å². The van der Waals surface area contributed by atoms with Gasteiger partial charge in [-0.15, -0.1) is 0 Å². The molecule has 0 spiro atoms. The molecule has 27 heavy (non-hydrogen) atoms. The van der Waals surface area contributed by atoms with Crippen molar-refractivity contribution >= 4 is 16.2 Å². The van der Waals surface area contributed by atoms with Crippen LogP contribution in [-0.4, -0.2) is 70.2 Å². The fourth-order valence-electron chi connectivity index (χ4n) is 3.05. The lowest BCUT2D eigenvalue weighted by molar-refractivity contribution is 0.0696. The summed E-state index contributed by atoms with van der Waals surface area (Å²) in [6, 6.07) is 3.30. The standard InChI is InChI=1S/C17H21N5O4S/c1-11-19-15(12-4-5-22(10-12)27(25,26)21(2)3)7-16(20-11)13-6-14(17(23)24)9-18-8-13/h6-9,12H,4-5,10H2,1-3H3,(H,23,24)/t12-/m1/s1. The molecule has 1 N–H and O–H groups in total. The van der Waals surface area contributed by atoms with Crippen molar-refractivity contribution in [3.05, 3.63) is 41.6 Å². The normalized spacial score (nSPS) is 18.1. The van der Waals surface area contributed by atoms with E-state index in [1.165, 1.54) is 35.0 Å². The summed E-state index contributed by atoms with van der Waals surface area (Å²) in [4.78, 5) is 24.0. The molecule has 0 amide bonds. The zero-order valence-corrected chi connectivity index (χ0v) is 16.1. The Morgan fingerprint density at radius 3 is 2.67 bits per heavy atom. The molecule has 0 bridgehead atoms. The third kappa shape index (κ3) is 3.97. The van der Waals surface area contributed by atoms with Gasteiger partial charge in [-0.05, 0) is 25.5 Å². The summed E-state index contributed by atoms with van der Waals surface area (Å²) in [5.74, 6) is -0.566. The van der Waals surface area contributed by atoms with Crippen LogP contribution in [0.2, 0.25) is 0 Å². The van der Waals surface area contributed by atoms with Crippen LogP contribution in [0.4, 0.5) is 0 Å². The zero-order valence-electron chi connectivity index (χ0n) is 15.3. The van der Waals surface area contributed by atoms with Crippen molar-refractivity contribution in [3.8, 4) is 11.3 Å². The second-order valence-corrected chi connectivity index (χ2v) is 8.77. The van der Waals surface area contributed by atoms with Gasteiger partial charge in [0.05, 0.1) is 11.3 Å². The van der Waals surface area contributed by atoms with Gasteiger partial charge in [-0.3, -0.25) is 4.98 Å². The maximum Gasteiger partial charge on any atom is 0.337 e. The number of carbonyl (C=O) groups is 1. The number of carboxylic acid groups (broad SMARTS) is 1. The Kier molecular flexibility index (Phi) is 5.22. The van der Waals surface area contributed by atoms with Gasteiger partial charge >= 0.3 is 5.97 Å². The number of aryl methyl sites for hydroxylation is 1. The molecule has 3 heterocycles. The zero-order chi connectivity index (χ0) is 19.8. The van der Waals surface area contributed by atoms with Gasteiger partial charge in [0.2, 0.25) is 0 Å². The fraction of sp³-hybridized carbons (Fsp3) is 0.412. The summed E-state index contributed by atoms with van der Waals surface area (Å²) >= 11 is 0. The van der Waals surface area contributed by atoms with Crippen molar-refractivity contribution in [3.63, 3.8) is 0 Å². The summed E-state index contributed by atoms with van der Waals surface area (Å²) in [6.07, 6.45) is 3.49. The average molecular weight is 391 g/mol. The van der Waals surface area contributed by atoms with Crippen molar-refractivity contribution in [1.29, 1.82) is 0 Å². The van der Waals surface area contributed by atoms with Crippen LogP contribution in [0.1, 0.15) is 34.2 Å². The molecular weight excluding hydrogens is 370 g/mol. The highest BCUT2D eigenvalue weighted by Crippen LogP contribution is 2.30. The SMILES string of the molecule is Cc1nc(-c2cncc(C(=O)O)c2)cc([C@@H]2CCN(S(=O)(=O)N(C)C)C2)n1. The van der Waals surface area contributed by atoms with Gasteiger partial charge in [0.25, 0.3) is 10.2 Å². The van der Waals surface area contributed by atoms with Crippen LogP contribution in [0.25, 0.3) is 11.3 Å². The molecule has 0 aromatic carbocycles. The van der Waals surface area contributed by atoms with Gasteiger partial charge in [0.15, 0.2) is 0 Å². The first-order valence-corrected chi connectivity index (χ1v) is 9.80. The monoisotopic (exact) mass is 391 g/mol. The molecule has 1 saturated heterocycles. The van der Waals surface area contributed by atoms with Crippen molar-refractivity contribution in [2.24, 2.45) is 0 Å². The predicted octanol–water partition coefficient (Wildman–Crippen LogP) is 1.14. The van der Waals surface area contributed by atoms with Gasteiger partial charge in [0, 0.05) is 56.8 Å². The van der Waals surface area contributed by atoms with E-state index in [1.807, 2.05) is 0 Å². The average Bonchev–Trinajstić information content (AvgIpc) is 3.12. The van der Waals surface area contributed by atoms with Crippen LogP contribution in [0.3, 0.4) is 0 Å². The molecule has 0 aliphatic carbocycles. The Morgan fingerprint density at radius 2 is 2.00 bits per heavy atom. The van der Waals surface area contributed by atoms with Crippen LogP contribution in [0, 0.1) is 6.92 Å². The molecule has 10 heteroatoms. The van der Waals surface area contributed by atoms with Gasteiger partial charge in [-0.1, -0.05) is 0 Å². The van der Waals surface area contributed by atoms with E-state index >= 15 is 0 Å². The summed E-state index contributed by atoms with van der Waals surface area (Å²) in [7, 11) is -0.433. The van der Waals surface area contributed by atoms with Crippen molar-refractivity contribution in [1.82, 2.24) is 23.6 Å². The lowest BCUT2D eigenvalue weighted by atomic mass is 10.0. The van der Waals surface area contributed by atoms with Crippen molar-refractivity contribution in [2.45, 2.75) is 19.3 Å². The minimum atomic E-state index is -3.46. The Morgan fingerprint density at radius 1 is 1.26 bits per heavy atom. The van der Waals surface area contributed by atoms with Crippen LogP contribution in [-0.2, 0) is 10.2 Å². The third-order valence-electron chi connectivity index (χ3n) is 4.50. The number of aromatic carboxylic acids is 1. The first kappa shape index (κ1) is 19.3. The van der Waals surface area contributed by atoms with E-state index in [4.69, 9.17) is 5.11 Å². The maximum absolute atomic E-state index is 12.3. The van der Waals surface area contributed by atoms with Gasteiger partial charge in [-0.25, -0.2) is 14.8 Å². The first-order chi connectivity index (χ1) is 12.7. The minimum absolute atomic E-state index is 0.0456. The number of aromatic nitrogens is 3. The van der Waals surface area contributed by atoms with Crippen LogP contribution >= 0.6 is 0 Å². The molecule has 1 aliphatic heterocycles. The van der Waals surface area contributed by atoms with E-state index in [0.29, 0.717) is 36.6 Å². The molecule has 0 radical (unpaired) electrons. The summed E-state index contributed by atoms with van der Waals surface area (Å²) < 4.78 is 27.3. The first-order valence-electron chi connectivity index (χ1n) is 8.40. The lowest BCUT2D eigenvalue weighted by Gasteiger charge is -2.20. The van der Waals surface area contributed by atoms with E-state index in [0.717, 1.165) is 5.69 Å². The van der Waals surface area contributed by atoms with Gasteiger partial charge < -0.3 is 5.11 Å². The topological polar surface area (TPSA) is 117 Å². The summed E-state index contributed by atoms with van der Waals surface area (Å²) in [5.41, 5.74) is 1.98. The Bertz CT molecular complexity index is 977. The van der Waals surface area contributed by atoms with Gasteiger partial charge in [-0.2, -0.15) is 17.0 Å². The summed E-state index contributed by atoms with van der Waals surface area (Å²) in [5, 5.41) is 9.15. The molecule has 1 atom stereocenters. The van der Waals surface area contributed by atoms with Crippen molar-refractivity contribution in [2.75, 3.05) is 27.2 Å². The van der Waals surface area contributed by atoms with E-state index in [1.54, 1.807) is 19.2 Å². The molecule has 144 valence electrons. The maximum atomic E-state index is 12.3. The van der Waals surface area contributed by atoms with E-state index in [2.05, 4.69) is 15.0 Å². The largest absolute Gasteiger partial charge is 0.478 e. The highest BCUT2D eigenvalue weighted by molar-refractivity contribution is 7.86. The molecule has 3 rings (SSSR count). The summed E-state index contributed by atoms with van der Waals surface area (Å²) in [6.45, 7) is 2.54. The number of carboxylic acids is 1. The van der Waals surface area contributed by atoms with E-state index in [9.17, 15) is 13.2 Å². The Labute approximate surface area is 157 Å². The fourth-order valence-corrected chi connectivity index (χ4v) is 4.22. The Hall–Kier alpha value is -2.43. The van der Waals surface area contributed by atoms with E-state index in [-0.39, 0.29) is 11.5 Å². The van der Waals surface area contributed by atoms with E-state index < -0.39 is 16.2 Å². The number of nitrogens with zero attached hydrogens (tertiary/aromatic N) is 5. The smallest absolute Gasteiger partial charge is 0.337 e. The second kappa shape index (κ2) is 7.29. The molecule has 0 unspecified atom stereocenters. The minimum Gasteiger partial charge on any atom is -0.478 e. The quantitative estimate of drug-likeness (QED) is 0.812. The number of hydrogen-bond acceptors (Lipinski definition) is 6. The second-order valence-electron chi connectivity index (χ2n) is 6.63. The van der Waals surface area contributed by atoms with Crippen LogP contribution in [0.15, 0.2) is 24.5 Å². The number of pyridine rings is 1. The highest BCUT2D eigenvalue weighted by Gasteiger charge is 2.34. The van der Waals surface area contributed by atoms with Crippen LogP contribution in [0.5, 0.6) is 0 Å². The third-order valence-corrected chi connectivity index (χ3v) is 6.40. The molecule has 1 aliphatic rings.